The number of aromatic nitrogens is 2. The molecule has 1 aliphatic carbocycles. The standard InChI is InChI=1S/C17H21N3O2/c21-16(13-22-12-14-4-2-1-3-5-14)18-8-10-20-11-9-19-17(20)15-6-7-15/h1-5,9,11,15H,6-8,10,12-13H2,(H,18,21). The molecule has 0 spiro atoms. The second-order valence-corrected chi connectivity index (χ2v) is 5.58. The summed E-state index contributed by atoms with van der Waals surface area (Å²) in [6.45, 7) is 1.91. The molecule has 1 N–H and O–H groups in total. The summed E-state index contributed by atoms with van der Waals surface area (Å²) in [6.07, 6.45) is 6.28. The Morgan fingerprint density at radius 3 is 2.91 bits per heavy atom. The van der Waals surface area contributed by atoms with Gasteiger partial charge in [-0.2, -0.15) is 0 Å². The Labute approximate surface area is 130 Å². The van der Waals surface area contributed by atoms with E-state index in [2.05, 4.69) is 14.9 Å². The molecule has 1 aromatic carbocycles. The van der Waals surface area contributed by atoms with Crippen molar-refractivity contribution in [2.24, 2.45) is 0 Å². The Kier molecular flexibility index (Phi) is 4.85. The van der Waals surface area contributed by atoms with Crippen LogP contribution in [0, 0.1) is 0 Å². The zero-order valence-electron chi connectivity index (χ0n) is 12.6. The van der Waals surface area contributed by atoms with Crippen molar-refractivity contribution in [2.75, 3.05) is 13.2 Å². The van der Waals surface area contributed by atoms with E-state index in [4.69, 9.17) is 4.74 Å². The number of rotatable bonds is 8. The molecule has 0 radical (unpaired) electrons. The second kappa shape index (κ2) is 7.22. The highest BCUT2D eigenvalue weighted by Gasteiger charge is 2.27. The first-order valence-electron chi connectivity index (χ1n) is 7.72. The van der Waals surface area contributed by atoms with Crippen LogP contribution in [-0.4, -0.2) is 28.6 Å². The molecule has 5 heteroatoms. The van der Waals surface area contributed by atoms with Gasteiger partial charge in [-0.1, -0.05) is 30.3 Å². The zero-order valence-corrected chi connectivity index (χ0v) is 12.6. The maximum atomic E-state index is 11.7. The Morgan fingerprint density at radius 2 is 2.14 bits per heavy atom. The summed E-state index contributed by atoms with van der Waals surface area (Å²) in [5.74, 6) is 1.69. The lowest BCUT2D eigenvalue weighted by atomic mass is 10.2. The Bertz CT molecular complexity index is 605. The van der Waals surface area contributed by atoms with E-state index in [0.29, 0.717) is 19.1 Å². The van der Waals surface area contributed by atoms with Crippen molar-refractivity contribution in [1.82, 2.24) is 14.9 Å². The summed E-state index contributed by atoms with van der Waals surface area (Å²) < 4.78 is 7.54. The fourth-order valence-electron chi connectivity index (χ4n) is 2.41. The lowest BCUT2D eigenvalue weighted by Gasteiger charge is -2.09. The molecule has 1 saturated carbocycles. The maximum absolute atomic E-state index is 11.7. The number of nitrogens with one attached hydrogen (secondary N) is 1. The first-order chi connectivity index (χ1) is 10.8. The fourth-order valence-corrected chi connectivity index (χ4v) is 2.41. The van der Waals surface area contributed by atoms with Crippen molar-refractivity contribution >= 4 is 5.91 Å². The molecule has 116 valence electrons. The van der Waals surface area contributed by atoms with Gasteiger partial charge in [0.05, 0.1) is 6.61 Å². The highest BCUT2D eigenvalue weighted by molar-refractivity contribution is 5.77. The van der Waals surface area contributed by atoms with Crippen molar-refractivity contribution in [2.45, 2.75) is 31.9 Å². The molecule has 5 nitrogen and oxygen atoms in total. The first kappa shape index (κ1) is 14.8. The van der Waals surface area contributed by atoms with Gasteiger partial charge in [0.2, 0.25) is 5.91 Å². The van der Waals surface area contributed by atoms with Crippen LogP contribution in [0.25, 0.3) is 0 Å². The van der Waals surface area contributed by atoms with Crippen LogP contribution in [0.3, 0.4) is 0 Å². The number of benzene rings is 1. The summed E-state index contributed by atoms with van der Waals surface area (Å²) in [5, 5.41) is 2.88. The van der Waals surface area contributed by atoms with E-state index in [0.717, 1.165) is 17.9 Å². The van der Waals surface area contributed by atoms with Gasteiger partial charge in [0.25, 0.3) is 0 Å². The van der Waals surface area contributed by atoms with Crippen LogP contribution < -0.4 is 5.32 Å². The topological polar surface area (TPSA) is 56.1 Å². The second-order valence-electron chi connectivity index (χ2n) is 5.58. The number of amides is 1. The van der Waals surface area contributed by atoms with E-state index in [1.54, 1.807) is 0 Å². The molecule has 0 saturated heterocycles. The lowest BCUT2D eigenvalue weighted by molar-refractivity contribution is -0.126. The van der Waals surface area contributed by atoms with Crippen molar-refractivity contribution in [3.8, 4) is 0 Å². The minimum atomic E-state index is -0.0796. The molecule has 1 fully saturated rings. The van der Waals surface area contributed by atoms with Crippen LogP contribution in [0.15, 0.2) is 42.7 Å². The third-order valence-electron chi connectivity index (χ3n) is 3.71. The molecule has 3 rings (SSSR count). The molecule has 1 aliphatic rings. The first-order valence-corrected chi connectivity index (χ1v) is 7.72. The molecule has 0 atom stereocenters. The van der Waals surface area contributed by atoms with Crippen LogP contribution in [0.2, 0.25) is 0 Å². The average molecular weight is 299 g/mol. The molecular formula is C17H21N3O2. The number of ether oxygens (including phenoxy) is 1. The minimum Gasteiger partial charge on any atom is -0.367 e. The van der Waals surface area contributed by atoms with Gasteiger partial charge in [-0.3, -0.25) is 4.79 Å². The monoisotopic (exact) mass is 299 g/mol. The quantitative estimate of drug-likeness (QED) is 0.812. The van der Waals surface area contributed by atoms with Gasteiger partial charge < -0.3 is 14.6 Å². The van der Waals surface area contributed by atoms with E-state index in [9.17, 15) is 4.79 Å². The molecule has 22 heavy (non-hydrogen) atoms. The third kappa shape index (κ3) is 4.18. The Hall–Kier alpha value is -2.14. The van der Waals surface area contributed by atoms with Gasteiger partial charge in [-0.05, 0) is 18.4 Å². The van der Waals surface area contributed by atoms with Gasteiger partial charge in [-0.25, -0.2) is 4.98 Å². The van der Waals surface area contributed by atoms with Crippen molar-refractivity contribution in [3.05, 3.63) is 54.1 Å². The van der Waals surface area contributed by atoms with Gasteiger partial charge in [0.15, 0.2) is 0 Å². The fraction of sp³-hybridized carbons (Fsp3) is 0.412. The lowest BCUT2D eigenvalue weighted by Crippen LogP contribution is -2.30. The van der Waals surface area contributed by atoms with Crippen molar-refractivity contribution in [1.29, 1.82) is 0 Å². The summed E-state index contributed by atoms with van der Waals surface area (Å²) in [7, 11) is 0. The predicted molar refractivity (Wildman–Crippen MR) is 83.3 cm³/mol. The van der Waals surface area contributed by atoms with E-state index in [1.807, 2.05) is 42.7 Å². The molecule has 0 bridgehead atoms. The Morgan fingerprint density at radius 1 is 1.32 bits per heavy atom. The molecule has 1 aromatic heterocycles. The van der Waals surface area contributed by atoms with Crippen LogP contribution in [-0.2, 0) is 22.7 Å². The van der Waals surface area contributed by atoms with E-state index < -0.39 is 0 Å². The van der Waals surface area contributed by atoms with Crippen LogP contribution >= 0.6 is 0 Å². The van der Waals surface area contributed by atoms with Crippen molar-refractivity contribution < 1.29 is 9.53 Å². The van der Waals surface area contributed by atoms with Gasteiger partial charge in [0.1, 0.15) is 12.4 Å². The number of carbonyl (C=O) groups excluding carboxylic acids is 1. The molecular weight excluding hydrogens is 278 g/mol. The summed E-state index contributed by atoms with van der Waals surface area (Å²) in [6, 6.07) is 9.84. The van der Waals surface area contributed by atoms with E-state index >= 15 is 0 Å². The van der Waals surface area contributed by atoms with Crippen LogP contribution in [0.4, 0.5) is 0 Å². The summed E-state index contributed by atoms with van der Waals surface area (Å²) in [5.41, 5.74) is 1.07. The molecule has 1 heterocycles. The van der Waals surface area contributed by atoms with Gasteiger partial charge in [-0.15, -0.1) is 0 Å². The smallest absolute Gasteiger partial charge is 0.246 e. The zero-order chi connectivity index (χ0) is 15.2. The molecule has 1 amide bonds. The molecule has 0 unspecified atom stereocenters. The molecule has 0 aliphatic heterocycles. The number of hydrogen-bond acceptors (Lipinski definition) is 3. The third-order valence-corrected chi connectivity index (χ3v) is 3.71. The SMILES string of the molecule is O=C(COCc1ccccc1)NCCn1ccnc1C1CC1. The highest BCUT2D eigenvalue weighted by atomic mass is 16.5. The van der Waals surface area contributed by atoms with E-state index in [-0.39, 0.29) is 12.5 Å². The highest BCUT2D eigenvalue weighted by Crippen LogP contribution is 2.38. The minimum absolute atomic E-state index is 0.0796. The predicted octanol–water partition coefficient (Wildman–Crippen LogP) is 2.09. The van der Waals surface area contributed by atoms with Crippen molar-refractivity contribution in [3.63, 3.8) is 0 Å². The largest absolute Gasteiger partial charge is 0.367 e. The average Bonchev–Trinajstić information content (AvgIpc) is 3.28. The number of carbonyl (C=O) groups is 1. The van der Waals surface area contributed by atoms with Crippen LogP contribution in [0.1, 0.15) is 30.1 Å². The number of hydrogen-bond donors (Lipinski definition) is 1. The maximum Gasteiger partial charge on any atom is 0.246 e. The van der Waals surface area contributed by atoms with E-state index in [1.165, 1.54) is 12.8 Å². The van der Waals surface area contributed by atoms with Gasteiger partial charge >= 0.3 is 0 Å². The number of imidazole rings is 1. The number of nitrogens with zero attached hydrogens (tertiary/aromatic N) is 2. The summed E-state index contributed by atoms with van der Waals surface area (Å²) >= 11 is 0. The van der Waals surface area contributed by atoms with Gasteiger partial charge in [0, 0.05) is 31.4 Å². The Balaban J connectivity index is 1.33. The normalized spacial score (nSPS) is 14.0. The molecule has 2 aromatic rings. The van der Waals surface area contributed by atoms with Crippen LogP contribution in [0.5, 0.6) is 0 Å². The summed E-state index contributed by atoms with van der Waals surface area (Å²) in [4.78, 5) is 16.1.